The minimum Gasteiger partial charge on any atom is -0.392 e. The van der Waals surface area contributed by atoms with Crippen molar-refractivity contribution in [3.05, 3.63) is 71.3 Å². The van der Waals surface area contributed by atoms with Gasteiger partial charge in [0.15, 0.2) is 0 Å². The van der Waals surface area contributed by atoms with Crippen LogP contribution in [0.2, 0.25) is 0 Å². The van der Waals surface area contributed by atoms with Gasteiger partial charge in [0.05, 0.1) is 12.2 Å². The predicted octanol–water partition coefficient (Wildman–Crippen LogP) is 3.83. The van der Waals surface area contributed by atoms with Crippen molar-refractivity contribution in [3.8, 4) is 0 Å². The van der Waals surface area contributed by atoms with E-state index in [4.69, 9.17) is 0 Å². The van der Waals surface area contributed by atoms with E-state index in [1.807, 2.05) is 30.3 Å². The summed E-state index contributed by atoms with van der Waals surface area (Å²) in [5, 5.41) is 21.3. The SMILES string of the molecule is OCc1cccc(CCC(O)(c2ccccc2)C2CN3CCC2CC3)c1.[HH].[HH]. The summed E-state index contributed by atoms with van der Waals surface area (Å²) < 4.78 is 0. The van der Waals surface area contributed by atoms with Crippen LogP contribution in [0, 0.1) is 11.8 Å². The molecule has 26 heavy (non-hydrogen) atoms. The van der Waals surface area contributed by atoms with Crippen molar-refractivity contribution in [3.63, 3.8) is 0 Å². The average Bonchev–Trinajstić information content (AvgIpc) is 2.73. The lowest BCUT2D eigenvalue weighted by Crippen LogP contribution is -2.55. The van der Waals surface area contributed by atoms with E-state index in [2.05, 4.69) is 29.2 Å². The van der Waals surface area contributed by atoms with Crippen molar-refractivity contribution in [1.82, 2.24) is 4.90 Å². The number of piperidine rings is 3. The highest BCUT2D eigenvalue weighted by molar-refractivity contribution is 5.27. The van der Waals surface area contributed by atoms with E-state index in [1.165, 1.54) is 31.5 Å². The summed E-state index contributed by atoms with van der Waals surface area (Å²) in [6.45, 7) is 3.44. The molecule has 2 aromatic carbocycles. The van der Waals surface area contributed by atoms with Gasteiger partial charge < -0.3 is 15.1 Å². The van der Waals surface area contributed by atoms with Crippen molar-refractivity contribution in [2.24, 2.45) is 11.8 Å². The summed E-state index contributed by atoms with van der Waals surface area (Å²) in [5.74, 6) is 0.919. The molecule has 0 saturated carbocycles. The molecule has 2 N–H and O–H groups in total. The standard InChI is InChI=1S/C23H29NO2.2H2/c25-17-19-6-4-5-18(15-19)9-12-23(26,21-7-2-1-3-8-21)22-16-24-13-10-20(22)11-14-24;;/h1-8,15,20,22,25-26H,9-14,16-17H2;2*1H. The Balaban J connectivity index is 0.00000140. The maximum absolute atomic E-state index is 11.9. The van der Waals surface area contributed by atoms with Gasteiger partial charge >= 0.3 is 0 Å². The van der Waals surface area contributed by atoms with Crippen LogP contribution in [-0.2, 0) is 18.6 Å². The van der Waals surface area contributed by atoms with E-state index in [0.29, 0.717) is 11.8 Å². The Morgan fingerprint density at radius 3 is 2.38 bits per heavy atom. The van der Waals surface area contributed by atoms with Crippen molar-refractivity contribution < 1.29 is 13.1 Å². The number of aryl methyl sites for hydroxylation is 1. The van der Waals surface area contributed by atoms with Crippen LogP contribution in [0.25, 0.3) is 0 Å². The van der Waals surface area contributed by atoms with Crippen LogP contribution >= 0.6 is 0 Å². The molecule has 142 valence electrons. The number of aliphatic hydroxyl groups excluding tert-OH is 1. The van der Waals surface area contributed by atoms with E-state index in [-0.39, 0.29) is 9.46 Å². The molecule has 3 aliphatic rings. The average molecular weight is 356 g/mol. The first-order valence-electron chi connectivity index (χ1n) is 9.88. The molecule has 3 heteroatoms. The number of nitrogens with zero attached hydrogens (tertiary/aromatic N) is 1. The zero-order valence-electron chi connectivity index (χ0n) is 15.3. The highest BCUT2D eigenvalue weighted by atomic mass is 16.3. The molecule has 0 spiro atoms. The first-order chi connectivity index (χ1) is 12.7. The minimum atomic E-state index is -0.791. The van der Waals surface area contributed by atoms with Gasteiger partial charge in [-0.25, -0.2) is 0 Å². The number of aliphatic hydroxyl groups is 2. The smallest absolute Gasteiger partial charge is 0.0942 e. The lowest BCUT2D eigenvalue weighted by molar-refractivity contribution is -0.106. The molecule has 3 heterocycles. The molecule has 0 aliphatic carbocycles. The van der Waals surface area contributed by atoms with E-state index in [1.54, 1.807) is 0 Å². The molecule has 5 rings (SSSR count). The Morgan fingerprint density at radius 1 is 1.00 bits per heavy atom. The topological polar surface area (TPSA) is 43.7 Å². The third-order valence-corrected chi connectivity index (χ3v) is 6.51. The highest BCUT2D eigenvalue weighted by Gasteiger charge is 2.47. The number of rotatable bonds is 6. The van der Waals surface area contributed by atoms with E-state index < -0.39 is 5.60 Å². The summed E-state index contributed by atoms with van der Waals surface area (Å²) in [5.41, 5.74) is 2.39. The fourth-order valence-corrected chi connectivity index (χ4v) is 5.00. The van der Waals surface area contributed by atoms with E-state index in [0.717, 1.165) is 30.5 Å². The van der Waals surface area contributed by atoms with Crippen LogP contribution in [0.3, 0.4) is 0 Å². The predicted molar refractivity (Wildman–Crippen MR) is 108 cm³/mol. The fraction of sp³-hybridized carbons (Fsp3) is 0.478. The Morgan fingerprint density at radius 2 is 1.73 bits per heavy atom. The van der Waals surface area contributed by atoms with Gasteiger partial charge in [0.25, 0.3) is 0 Å². The second kappa shape index (κ2) is 7.51. The van der Waals surface area contributed by atoms with Gasteiger partial charge in [-0.1, -0.05) is 54.6 Å². The first-order valence-corrected chi connectivity index (χ1v) is 9.88. The van der Waals surface area contributed by atoms with Crippen LogP contribution in [0.5, 0.6) is 0 Å². The van der Waals surface area contributed by atoms with Crippen LogP contribution in [0.4, 0.5) is 0 Å². The van der Waals surface area contributed by atoms with E-state index >= 15 is 0 Å². The molecule has 3 aliphatic heterocycles. The van der Waals surface area contributed by atoms with Gasteiger partial charge in [-0.05, 0) is 61.4 Å². The quantitative estimate of drug-likeness (QED) is 0.828. The highest BCUT2D eigenvalue weighted by Crippen LogP contribution is 2.45. The molecular formula is C23H33NO2. The zero-order chi connectivity index (χ0) is 18.0. The van der Waals surface area contributed by atoms with Gasteiger partial charge in [-0.2, -0.15) is 0 Å². The third-order valence-electron chi connectivity index (χ3n) is 6.51. The van der Waals surface area contributed by atoms with Crippen molar-refractivity contribution >= 4 is 0 Å². The maximum atomic E-state index is 11.9. The molecular weight excluding hydrogens is 322 g/mol. The molecule has 2 aromatic rings. The number of hydrogen-bond donors (Lipinski definition) is 2. The number of fused-ring (bicyclic) bond motifs is 3. The van der Waals surface area contributed by atoms with Gasteiger partial charge in [-0.15, -0.1) is 0 Å². The fourth-order valence-electron chi connectivity index (χ4n) is 5.00. The summed E-state index contributed by atoms with van der Waals surface area (Å²) in [6, 6.07) is 18.4. The second-order valence-corrected chi connectivity index (χ2v) is 8.01. The summed E-state index contributed by atoms with van der Waals surface area (Å²) in [6.07, 6.45) is 3.96. The number of benzene rings is 2. The summed E-state index contributed by atoms with van der Waals surface area (Å²) >= 11 is 0. The van der Waals surface area contributed by atoms with Crippen molar-refractivity contribution in [2.75, 3.05) is 19.6 Å². The minimum absolute atomic E-state index is 0. The largest absolute Gasteiger partial charge is 0.392 e. The molecule has 2 bridgehead atoms. The van der Waals surface area contributed by atoms with Crippen LogP contribution in [0.15, 0.2) is 54.6 Å². The molecule has 0 aromatic heterocycles. The zero-order valence-corrected chi connectivity index (χ0v) is 15.3. The number of hydrogen-bond acceptors (Lipinski definition) is 3. The summed E-state index contributed by atoms with van der Waals surface area (Å²) in [4.78, 5) is 2.52. The lowest BCUT2D eigenvalue weighted by Gasteiger charge is -2.51. The Labute approximate surface area is 159 Å². The summed E-state index contributed by atoms with van der Waals surface area (Å²) in [7, 11) is 0. The molecule has 0 amide bonds. The Kier molecular flexibility index (Phi) is 5.12. The van der Waals surface area contributed by atoms with E-state index in [9.17, 15) is 10.2 Å². The van der Waals surface area contributed by atoms with Gasteiger partial charge in [0, 0.05) is 15.3 Å². The molecule has 3 saturated heterocycles. The maximum Gasteiger partial charge on any atom is 0.0942 e. The molecule has 3 nitrogen and oxygen atoms in total. The Bertz CT molecular complexity index is 734. The van der Waals surface area contributed by atoms with Crippen LogP contribution < -0.4 is 0 Å². The van der Waals surface area contributed by atoms with Crippen molar-refractivity contribution in [2.45, 2.75) is 37.9 Å². The normalized spacial score (nSPS) is 27.2. The lowest BCUT2D eigenvalue weighted by atomic mass is 9.66. The van der Waals surface area contributed by atoms with Crippen molar-refractivity contribution in [1.29, 1.82) is 0 Å². The second-order valence-electron chi connectivity index (χ2n) is 8.01. The van der Waals surface area contributed by atoms with Crippen LogP contribution in [-0.4, -0.2) is 34.7 Å². The Hall–Kier alpha value is -1.68. The molecule has 0 radical (unpaired) electrons. The molecule has 2 unspecified atom stereocenters. The molecule has 3 fully saturated rings. The van der Waals surface area contributed by atoms with Crippen LogP contribution in [0.1, 0.15) is 38.8 Å². The van der Waals surface area contributed by atoms with Gasteiger partial charge in [0.1, 0.15) is 0 Å². The van der Waals surface area contributed by atoms with Gasteiger partial charge in [-0.3, -0.25) is 0 Å². The molecule has 2 atom stereocenters. The van der Waals surface area contributed by atoms with Gasteiger partial charge in [0.2, 0.25) is 0 Å². The monoisotopic (exact) mass is 355 g/mol. The third kappa shape index (κ3) is 3.44. The first kappa shape index (κ1) is 17.7.